The molecule has 1 fully saturated rings. The lowest BCUT2D eigenvalue weighted by Crippen LogP contribution is -2.27. The number of thioether (sulfide) groups is 1. The minimum Gasteiger partial charge on any atom is -0.454 e. The fraction of sp³-hybridized carbons (Fsp3) is 0.111. The zero-order valence-electron chi connectivity index (χ0n) is 13.2. The average molecular weight is 436 g/mol. The third-order valence-electron chi connectivity index (χ3n) is 3.91. The monoisotopic (exact) mass is 435 g/mol. The molecule has 4 rings (SSSR count). The highest BCUT2D eigenvalue weighted by Gasteiger charge is 2.35. The van der Waals surface area contributed by atoms with Crippen LogP contribution in [0, 0.1) is 5.82 Å². The van der Waals surface area contributed by atoms with E-state index in [2.05, 4.69) is 15.9 Å². The van der Waals surface area contributed by atoms with Crippen molar-refractivity contribution in [1.29, 1.82) is 0 Å². The lowest BCUT2D eigenvalue weighted by atomic mass is 10.1. The predicted octanol–water partition coefficient (Wildman–Crippen LogP) is 4.55. The number of benzene rings is 2. The van der Waals surface area contributed by atoms with Crippen molar-refractivity contribution in [3.63, 3.8) is 0 Å². The van der Waals surface area contributed by atoms with Gasteiger partial charge in [-0.3, -0.25) is 14.5 Å². The van der Waals surface area contributed by atoms with Crippen LogP contribution in [0.1, 0.15) is 11.1 Å². The van der Waals surface area contributed by atoms with Gasteiger partial charge in [-0.15, -0.1) is 0 Å². The summed E-state index contributed by atoms with van der Waals surface area (Å²) in [4.78, 5) is 26.3. The van der Waals surface area contributed by atoms with Crippen LogP contribution in [0.4, 0.5) is 9.18 Å². The van der Waals surface area contributed by atoms with Gasteiger partial charge in [-0.2, -0.15) is 0 Å². The molecule has 5 nitrogen and oxygen atoms in total. The molecule has 0 saturated carbocycles. The van der Waals surface area contributed by atoms with Crippen molar-refractivity contribution in [2.75, 3.05) is 6.79 Å². The highest BCUT2D eigenvalue weighted by molar-refractivity contribution is 9.10. The van der Waals surface area contributed by atoms with E-state index in [-0.39, 0.29) is 30.3 Å². The molecule has 0 bridgehead atoms. The van der Waals surface area contributed by atoms with Gasteiger partial charge in [0.05, 0.1) is 11.4 Å². The molecular weight excluding hydrogens is 425 g/mol. The molecular formula is C18H11BrFNO4S. The zero-order chi connectivity index (χ0) is 18.3. The van der Waals surface area contributed by atoms with E-state index in [1.807, 2.05) is 0 Å². The van der Waals surface area contributed by atoms with Crippen LogP contribution in [0.5, 0.6) is 11.5 Å². The SMILES string of the molecule is O=C1SC(=Cc2cc3c(cc2Br)OCO3)C(=O)N1Cc1ccc(F)cc1. The van der Waals surface area contributed by atoms with Crippen molar-refractivity contribution in [2.24, 2.45) is 0 Å². The number of carbonyl (C=O) groups excluding carboxylic acids is 2. The Morgan fingerprint density at radius 3 is 2.58 bits per heavy atom. The molecule has 0 unspecified atom stereocenters. The normalized spacial score (nSPS) is 17.5. The summed E-state index contributed by atoms with van der Waals surface area (Å²) in [5, 5.41) is -0.359. The highest BCUT2D eigenvalue weighted by atomic mass is 79.9. The van der Waals surface area contributed by atoms with E-state index < -0.39 is 0 Å². The quantitative estimate of drug-likeness (QED) is 0.661. The van der Waals surface area contributed by atoms with Crippen molar-refractivity contribution < 1.29 is 23.5 Å². The van der Waals surface area contributed by atoms with Crippen LogP contribution in [0.25, 0.3) is 6.08 Å². The smallest absolute Gasteiger partial charge is 0.293 e. The first-order valence-electron chi connectivity index (χ1n) is 7.60. The maximum absolute atomic E-state index is 13.0. The van der Waals surface area contributed by atoms with E-state index >= 15 is 0 Å². The van der Waals surface area contributed by atoms with Crippen LogP contribution in [-0.4, -0.2) is 22.8 Å². The Bertz CT molecular complexity index is 945. The third kappa shape index (κ3) is 3.22. The summed E-state index contributed by atoms with van der Waals surface area (Å²) in [5.74, 6) is 0.466. The number of hydrogen-bond acceptors (Lipinski definition) is 5. The molecule has 26 heavy (non-hydrogen) atoms. The first kappa shape index (κ1) is 17.1. The molecule has 0 aromatic heterocycles. The Hall–Kier alpha value is -2.32. The second-order valence-corrected chi connectivity index (χ2v) is 7.47. The number of carbonyl (C=O) groups is 2. The molecule has 0 radical (unpaired) electrons. The molecule has 2 heterocycles. The van der Waals surface area contributed by atoms with Crippen molar-refractivity contribution in [1.82, 2.24) is 4.90 Å². The van der Waals surface area contributed by atoms with Crippen molar-refractivity contribution in [3.8, 4) is 11.5 Å². The van der Waals surface area contributed by atoms with Gasteiger partial charge in [-0.05, 0) is 53.2 Å². The molecule has 2 aromatic carbocycles. The molecule has 0 spiro atoms. The maximum atomic E-state index is 13.0. The Morgan fingerprint density at radius 2 is 1.85 bits per heavy atom. The summed E-state index contributed by atoms with van der Waals surface area (Å²) in [6.45, 7) is 0.254. The summed E-state index contributed by atoms with van der Waals surface area (Å²) in [7, 11) is 0. The number of halogens is 2. The molecule has 0 atom stereocenters. The summed E-state index contributed by atoms with van der Waals surface area (Å²) in [6, 6.07) is 9.21. The van der Waals surface area contributed by atoms with Gasteiger partial charge in [-0.1, -0.05) is 28.1 Å². The Balaban J connectivity index is 1.59. The van der Waals surface area contributed by atoms with E-state index in [1.54, 1.807) is 30.3 Å². The van der Waals surface area contributed by atoms with Crippen LogP contribution in [-0.2, 0) is 11.3 Å². The first-order valence-corrected chi connectivity index (χ1v) is 9.21. The molecule has 0 N–H and O–H groups in total. The summed E-state index contributed by atoms with van der Waals surface area (Å²) < 4.78 is 24.4. The molecule has 2 amide bonds. The molecule has 2 aliphatic rings. The third-order valence-corrected chi connectivity index (χ3v) is 5.50. The number of imide groups is 1. The van der Waals surface area contributed by atoms with Crippen LogP contribution < -0.4 is 9.47 Å². The Kier molecular flexibility index (Phi) is 4.46. The first-order chi connectivity index (χ1) is 12.5. The molecule has 2 aromatic rings. The topological polar surface area (TPSA) is 55.8 Å². The average Bonchev–Trinajstić information content (AvgIpc) is 3.16. The maximum Gasteiger partial charge on any atom is 0.293 e. The molecule has 1 saturated heterocycles. The minimum atomic E-state index is -0.381. The highest BCUT2D eigenvalue weighted by Crippen LogP contribution is 2.40. The van der Waals surface area contributed by atoms with E-state index in [1.165, 1.54) is 12.1 Å². The van der Waals surface area contributed by atoms with Gasteiger partial charge in [-0.25, -0.2) is 4.39 Å². The van der Waals surface area contributed by atoms with E-state index in [4.69, 9.17) is 9.47 Å². The predicted molar refractivity (Wildman–Crippen MR) is 98.2 cm³/mol. The number of ether oxygens (including phenoxy) is 2. The lowest BCUT2D eigenvalue weighted by Gasteiger charge is -2.12. The zero-order valence-corrected chi connectivity index (χ0v) is 15.6. The fourth-order valence-corrected chi connectivity index (χ4v) is 3.86. The lowest BCUT2D eigenvalue weighted by molar-refractivity contribution is -0.123. The largest absolute Gasteiger partial charge is 0.454 e. The van der Waals surface area contributed by atoms with Crippen LogP contribution in [0.3, 0.4) is 0 Å². The van der Waals surface area contributed by atoms with Gasteiger partial charge in [0.1, 0.15) is 5.82 Å². The van der Waals surface area contributed by atoms with Crippen molar-refractivity contribution in [3.05, 3.63) is 62.7 Å². The van der Waals surface area contributed by atoms with Gasteiger partial charge >= 0.3 is 0 Å². The number of amides is 2. The fourth-order valence-electron chi connectivity index (χ4n) is 2.59. The number of hydrogen-bond donors (Lipinski definition) is 0. The Labute approximate surface area is 160 Å². The second-order valence-electron chi connectivity index (χ2n) is 5.62. The summed E-state index contributed by atoms with van der Waals surface area (Å²) >= 11 is 4.31. The number of rotatable bonds is 3. The Morgan fingerprint density at radius 1 is 1.15 bits per heavy atom. The van der Waals surface area contributed by atoms with Crippen molar-refractivity contribution >= 4 is 44.9 Å². The van der Waals surface area contributed by atoms with Crippen molar-refractivity contribution in [2.45, 2.75) is 6.54 Å². The van der Waals surface area contributed by atoms with Gasteiger partial charge < -0.3 is 9.47 Å². The second kappa shape index (κ2) is 6.77. The minimum absolute atomic E-state index is 0.102. The standard InChI is InChI=1S/C18H11BrFNO4S/c19-13-7-15-14(24-9-25-15)5-11(13)6-16-17(22)21(18(23)26-16)8-10-1-3-12(20)4-2-10/h1-7H,8-9H2. The summed E-state index contributed by atoms with van der Waals surface area (Å²) in [5.41, 5.74) is 1.39. The molecule has 2 aliphatic heterocycles. The molecule has 132 valence electrons. The van der Waals surface area contributed by atoms with Gasteiger partial charge in [0, 0.05) is 4.47 Å². The van der Waals surface area contributed by atoms with E-state index in [0.29, 0.717) is 27.5 Å². The van der Waals surface area contributed by atoms with Crippen LogP contribution in [0.15, 0.2) is 45.8 Å². The number of fused-ring (bicyclic) bond motifs is 1. The van der Waals surface area contributed by atoms with Gasteiger partial charge in [0.2, 0.25) is 6.79 Å². The van der Waals surface area contributed by atoms with E-state index in [9.17, 15) is 14.0 Å². The van der Waals surface area contributed by atoms with Gasteiger partial charge in [0.25, 0.3) is 11.1 Å². The molecule has 0 aliphatic carbocycles. The summed E-state index contributed by atoms with van der Waals surface area (Å²) in [6.07, 6.45) is 1.64. The number of nitrogens with zero attached hydrogens (tertiary/aromatic N) is 1. The molecule has 8 heteroatoms. The van der Waals surface area contributed by atoms with Crippen LogP contribution in [0.2, 0.25) is 0 Å². The van der Waals surface area contributed by atoms with Gasteiger partial charge in [0.15, 0.2) is 11.5 Å². The van der Waals surface area contributed by atoms with E-state index in [0.717, 1.165) is 21.1 Å². The van der Waals surface area contributed by atoms with Crippen LogP contribution >= 0.6 is 27.7 Å².